The molecule has 1 aliphatic rings. The van der Waals surface area contributed by atoms with Crippen LogP contribution in [0.25, 0.3) is 10.8 Å². The van der Waals surface area contributed by atoms with Crippen LogP contribution in [-0.4, -0.2) is 23.6 Å². The number of carbonyl (C=O) groups excluding carboxylic acids is 1. The summed E-state index contributed by atoms with van der Waals surface area (Å²) >= 11 is 0. The Labute approximate surface area is 138 Å². The lowest BCUT2D eigenvalue weighted by Crippen LogP contribution is -2.43. The molecule has 0 aromatic heterocycles. The summed E-state index contributed by atoms with van der Waals surface area (Å²) in [5.41, 5.74) is 2.68. The number of benzene rings is 2. The van der Waals surface area contributed by atoms with Crippen molar-refractivity contribution in [2.45, 2.75) is 33.0 Å². The van der Waals surface area contributed by atoms with Crippen LogP contribution in [0, 0.1) is 12.3 Å². The summed E-state index contributed by atoms with van der Waals surface area (Å²) in [7, 11) is 0. The van der Waals surface area contributed by atoms with E-state index in [1.54, 1.807) is 38.1 Å². The van der Waals surface area contributed by atoms with Gasteiger partial charge in [0.05, 0.1) is 5.41 Å². The lowest BCUT2D eigenvalue weighted by atomic mass is 9.93. The molecule has 1 N–H and O–H groups in total. The van der Waals surface area contributed by atoms with Crippen LogP contribution in [0.2, 0.25) is 0 Å². The first-order chi connectivity index (χ1) is 11.1. The lowest BCUT2D eigenvalue weighted by molar-refractivity contribution is -0.191. The van der Waals surface area contributed by atoms with Crippen molar-refractivity contribution in [2.75, 3.05) is 6.54 Å². The zero-order valence-electron chi connectivity index (χ0n) is 13.7. The van der Waals surface area contributed by atoms with E-state index in [0.717, 1.165) is 16.0 Å². The summed E-state index contributed by atoms with van der Waals surface area (Å²) in [6, 6.07) is 8.39. The molecule has 3 rings (SSSR count). The Balaban J connectivity index is 2.13. The van der Waals surface area contributed by atoms with E-state index in [1.807, 2.05) is 13.0 Å². The van der Waals surface area contributed by atoms with Gasteiger partial charge in [0, 0.05) is 6.54 Å². The SMILES string of the molecule is Cc1ccc2c(C(N3CC(C)(C)C(=O)N3)C(F)(F)F)cccc2c1. The second-order valence-corrected chi connectivity index (χ2v) is 6.97. The summed E-state index contributed by atoms with van der Waals surface area (Å²) in [5, 5.41) is 2.31. The van der Waals surface area contributed by atoms with E-state index in [2.05, 4.69) is 5.43 Å². The van der Waals surface area contributed by atoms with E-state index in [0.29, 0.717) is 5.39 Å². The topological polar surface area (TPSA) is 32.3 Å². The fourth-order valence-corrected chi connectivity index (χ4v) is 3.16. The molecule has 2 aromatic rings. The number of hydrazine groups is 1. The maximum absolute atomic E-state index is 13.9. The first kappa shape index (κ1) is 16.8. The Hall–Kier alpha value is -2.08. The lowest BCUT2D eigenvalue weighted by Gasteiger charge is -2.30. The number of carbonyl (C=O) groups is 1. The standard InChI is InChI=1S/C18H19F3N2O/c1-11-7-8-13-12(9-11)5-4-6-14(13)15(18(19,20)21)23-10-17(2,3)16(24)22-23/h4-9,15H,10H2,1-3H3,(H,22,24). The second kappa shape index (κ2) is 5.48. The number of nitrogens with one attached hydrogen (secondary N) is 1. The van der Waals surface area contributed by atoms with Gasteiger partial charge in [-0.25, -0.2) is 5.01 Å². The molecular formula is C18H19F3N2O. The summed E-state index contributed by atoms with van der Waals surface area (Å²) in [6.45, 7) is 5.18. The third kappa shape index (κ3) is 2.86. The van der Waals surface area contributed by atoms with E-state index in [1.165, 1.54) is 6.07 Å². The van der Waals surface area contributed by atoms with Gasteiger partial charge >= 0.3 is 6.18 Å². The number of aryl methyl sites for hydroxylation is 1. The highest BCUT2D eigenvalue weighted by Crippen LogP contribution is 2.42. The molecular weight excluding hydrogens is 317 g/mol. The van der Waals surface area contributed by atoms with Crippen molar-refractivity contribution in [3.8, 4) is 0 Å². The Kier molecular flexibility index (Phi) is 3.83. The molecule has 1 atom stereocenters. The number of nitrogens with zero attached hydrogens (tertiary/aromatic N) is 1. The van der Waals surface area contributed by atoms with Gasteiger partial charge in [-0.05, 0) is 37.1 Å². The first-order valence-electron chi connectivity index (χ1n) is 7.73. The highest BCUT2D eigenvalue weighted by atomic mass is 19.4. The quantitative estimate of drug-likeness (QED) is 0.894. The summed E-state index contributed by atoms with van der Waals surface area (Å²) in [5.74, 6) is -0.396. The molecule has 1 heterocycles. The van der Waals surface area contributed by atoms with Crippen molar-refractivity contribution in [3.05, 3.63) is 47.5 Å². The van der Waals surface area contributed by atoms with E-state index >= 15 is 0 Å². The van der Waals surface area contributed by atoms with Crippen molar-refractivity contribution in [1.82, 2.24) is 10.4 Å². The van der Waals surface area contributed by atoms with Crippen LogP contribution < -0.4 is 5.43 Å². The number of hydrogen-bond donors (Lipinski definition) is 1. The maximum atomic E-state index is 13.9. The summed E-state index contributed by atoms with van der Waals surface area (Å²) < 4.78 is 41.6. The fraction of sp³-hybridized carbons (Fsp3) is 0.389. The fourth-order valence-electron chi connectivity index (χ4n) is 3.16. The van der Waals surface area contributed by atoms with Crippen LogP contribution in [0.5, 0.6) is 0 Å². The Morgan fingerprint density at radius 3 is 2.50 bits per heavy atom. The van der Waals surface area contributed by atoms with Crippen molar-refractivity contribution in [2.24, 2.45) is 5.41 Å². The van der Waals surface area contributed by atoms with Crippen LogP contribution in [0.4, 0.5) is 13.2 Å². The monoisotopic (exact) mass is 336 g/mol. The van der Waals surface area contributed by atoms with E-state index in [9.17, 15) is 18.0 Å². The molecule has 1 fully saturated rings. The van der Waals surface area contributed by atoms with Gasteiger partial charge in [0.1, 0.15) is 0 Å². The summed E-state index contributed by atoms with van der Waals surface area (Å²) in [6.07, 6.45) is -4.51. The second-order valence-electron chi connectivity index (χ2n) is 6.97. The largest absolute Gasteiger partial charge is 0.409 e. The van der Waals surface area contributed by atoms with Gasteiger partial charge in [-0.1, -0.05) is 42.0 Å². The van der Waals surface area contributed by atoms with Crippen molar-refractivity contribution in [1.29, 1.82) is 0 Å². The van der Waals surface area contributed by atoms with Crippen LogP contribution in [0.3, 0.4) is 0 Å². The molecule has 6 heteroatoms. The molecule has 1 unspecified atom stereocenters. The van der Waals surface area contributed by atoms with Crippen LogP contribution in [-0.2, 0) is 4.79 Å². The third-order valence-corrected chi connectivity index (χ3v) is 4.41. The van der Waals surface area contributed by atoms with E-state index in [-0.39, 0.29) is 12.1 Å². The number of rotatable bonds is 2. The van der Waals surface area contributed by atoms with Gasteiger partial charge in [0.15, 0.2) is 6.04 Å². The smallest absolute Gasteiger partial charge is 0.287 e. The molecule has 128 valence electrons. The minimum atomic E-state index is -4.51. The van der Waals surface area contributed by atoms with Gasteiger partial charge in [0.25, 0.3) is 0 Å². The van der Waals surface area contributed by atoms with Gasteiger partial charge in [-0.15, -0.1) is 0 Å². The van der Waals surface area contributed by atoms with Crippen LogP contribution in [0.1, 0.15) is 31.0 Å². The molecule has 0 spiro atoms. The Morgan fingerprint density at radius 2 is 1.92 bits per heavy atom. The summed E-state index contributed by atoms with van der Waals surface area (Å²) in [4.78, 5) is 12.0. The molecule has 0 radical (unpaired) electrons. The molecule has 1 aliphatic heterocycles. The zero-order chi connectivity index (χ0) is 17.7. The van der Waals surface area contributed by atoms with Crippen molar-refractivity contribution >= 4 is 16.7 Å². The molecule has 1 amide bonds. The third-order valence-electron chi connectivity index (χ3n) is 4.41. The molecule has 24 heavy (non-hydrogen) atoms. The number of hydrogen-bond acceptors (Lipinski definition) is 2. The predicted molar refractivity (Wildman–Crippen MR) is 86.1 cm³/mol. The van der Waals surface area contributed by atoms with Gasteiger partial charge in [-0.3, -0.25) is 10.2 Å². The van der Waals surface area contributed by atoms with Crippen molar-refractivity contribution in [3.63, 3.8) is 0 Å². The van der Waals surface area contributed by atoms with Gasteiger partial charge in [0.2, 0.25) is 5.91 Å². The highest BCUT2D eigenvalue weighted by Gasteiger charge is 2.51. The van der Waals surface area contributed by atoms with Crippen LogP contribution in [0.15, 0.2) is 36.4 Å². The molecule has 3 nitrogen and oxygen atoms in total. The molecule has 0 bridgehead atoms. The average Bonchev–Trinajstić information content (AvgIpc) is 2.70. The number of fused-ring (bicyclic) bond motifs is 1. The van der Waals surface area contributed by atoms with Crippen LogP contribution >= 0.6 is 0 Å². The molecule has 0 aliphatic carbocycles. The Morgan fingerprint density at radius 1 is 1.21 bits per heavy atom. The van der Waals surface area contributed by atoms with E-state index < -0.39 is 23.5 Å². The number of amides is 1. The molecule has 2 aromatic carbocycles. The maximum Gasteiger partial charge on any atom is 0.409 e. The number of alkyl halides is 3. The first-order valence-corrected chi connectivity index (χ1v) is 7.73. The minimum Gasteiger partial charge on any atom is -0.287 e. The predicted octanol–water partition coefficient (Wildman–Crippen LogP) is 4.12. The molecule has 1 saturated heterocycles. The number of halogens is 3. The van der Waals surface area contributed by atoms with Crippen molar-refractivity contribution < 1.29 is 18.0 Å². The van der Waals surface area contributed by atoms with Gasteiger partial charge in [-0.2, -0.15) is 13.2 Å². The zero-order valence-corrected chi connectivity index (χ0v) is 13.7. The Bertz CT molecular complexity index is 798. The minimum absolute atomic E-state index is 0.00173. The van der Waals surface area contributed by atoms with E-state index in [4.69, 9.17) is 0 Å². The average molecular weight is 336 g/mol. The normalized spacial score (nSPS) is 19.5. The van der Waals surface area contributed by atoms with Gasteiger partial charge < -0.3 is 0 Å². The molecule has 0 saturated carbocycles. The highest BCUT2D eigenvalue weighted by molar-refractivity contribution is 5.87.